The minimum Gasteiger partial charge on any atom is -0.384 e. The van der Waals surface area contributed by atoms with Crippen LogP contribution in [0.3, 0.4) is 0 Å². The van der Waals surface area contributed by atoms with Gasteiger partial charge in [-0.05, 0) is 5.92 Å². The average Bonchev–Trinajstić information content (AvgIpc) is 1.68. The van der Waals surface area contributed by atoms with Crippen molar-refractivity contribution in [2.45, 2.75) is 20.3 Å². The van der Waals surface area contributed by atoms with E-state index in [0.29, 0.717) is 0 Å². The van der Waals surface area contributed by atoms with Crippen molar-refractivity contribution >= 4 is 0 Å². The van der Waals surface area contributed by atoms with Crippen LogP contribution in [-0.4, -0.2) is 13.7 Å². The van der Waals surface area contributed by atoms with Crippen LogP contribution in [0.15, 0.2) is 0 Å². The van der Waals surface area contributed by atoms with Crippen molar-refractivity contribution in [2.75, 3.05) is 13.7 Å². The third kappa shape index (κ3) is 3.80. The predicted molar refractivity (Wildman–Crippen MR) is 31.3 cm³/mol. The lowest BCUT2D eigenvalue weighted by molar-refractivity contribution is 0.158. The highest BCUT2D eigenvalue weighted by Crippen LogP contribution is 1.98. The van der Waals surface area contributed by atoms with E-state index in [0.717, 1.165) is 12.5 Å². The largest absolute Gasteiger partial charge is 0.384 e. The summed E-state index contributed by atoms with van der Waals surface area (Å²) in [4.78, 5) is 0. The summed E-state index contributed by atoms with van der Waals surface area (Å²) in [5, 5.41) is 0. The molecule has 1 unspecified atom stereocenters. The Morgan fingerprint density at radius 3 is 2.29 bits per heavy atom. The molecule has 0 N–H and O–H groups in total. The Morgan fingerprint density at radius 2 is 2.14 bits per heavy atom. The summed E-state index contributed by atoms with van der Waals surface area (Å²) in [6, 6.07) is 0. The minimum atomic E-state index is 0.727. The lowest BCUT2D eigenvalue weighted by atomic mass is 10.1. The van der Waals surface area contributed by atoms with Crippen molar-refractivity contribution < 1.29 is 4.74 Å². The second-order valence-corrected chi connectivity index (χ2v) is 1.97. The van der Waals surface area contributed by atoms with Crippen molar-refractivity contribution in [1.82, 2.24) is 0 Å². The fourth-order valence-corrected chi connectivity index (χ4v) is 0.402. The summed E-state index contributed by atoms with van der Waals surface area (Å²) in [5.41, 5.74) is 0. The molecule has 44 valence electrons. The Balaban J connectivity index is 2.83. The summed E-state index contributed by atoms with van der Waals surface area (Å²) in [6.45, 7) is 5.25. The number of hydrogen-bond donors (Lipinski definition) is 0. The van der Waals surface area contributed by atoms with Gasteiger partial charge >= 0.3 is 0 Å². The van der Waals surface area contributed by atoms with E-state index in [1.54, 1.807) is 7.11 Å². The average molecular weight is 102 g/mol. The molecular formula is C6H14O. The molecule has 0 aliphatic heterocycles. The molecule has 0 fully saturated rings. The first-order chi connectivity index (χ1) is 3.31. The van der Waals surface area contributed by atoms with Crippen LogP contribution in [0.4, 0.5) is 0 Å². The van der Waals surface area contributed by atoms with Crippen LogP contribution < -0.4 is 0 Å². The molecule has 0 spiro atoms. The molecule has 0 heterocycles. The molecule has 1 nitrogen and oxygen atoms in total. The first-order valence-corrected chi connectivity index (χ1v) is 2.80. The molecule has 0 aliphatic carbocycles. The Hall–Kier alpha value is -0.0400. The first-order valence-electron chi connectivity index (χ1n) is 2.80. The van der Waals surface area contributed by atoms with Gasteiger partial charge in [-0.2, -0.15) is 0 Å². The maximum Gasteiger partial charge on any atom is 0.0487 e. The van der Waals surface area contributed by atoms with Gasteiger partial charge in [0.25, 0.3) is 0 Å². The zero-order valence-electron chi connectivity index (χ0n) is 5.40. The highest BCUT2D eigenvalue weighted by molar-refractivity contribution is 4.43. The van der Waals surface area contributed by atoms with Crippen molar-refractivity contribution in [3.8, 4) is 0 Å². The van der Waals surface area contributed by atoms with Gasteiger partial charge in [0.1, 0.15) is 0 Å². The summed E-state index contributed by atoms with van der Waals surface area (Å²) in [5.74, 6) is 0.727. The molecule has 0 aromatic rings. The quantitative estimate of drug-likeness (QED) is 0.526. The normalized spacial score (nSPS) is 14.1. The molecule has 1 atom stereocenters. The van der Waals surface area contributed by atoms with Gasteiger partial charge in [0.05, 0.1) is 0 Å². The Bertz CT molecular complexity index is 35.2. The van der Waals surface area contributed by atoms with E-state index in [4.69, 9.17) is 4.74 Å². The SMILES string of the molecule is CCC(C)COC. The molecule has 1 heteroatoms. The van der Waals surface area contributed by atoms with Gasteiger partial charge in [0.15, 0.2) is 0 Å². The van der Waals surface area contributed by atoms with Gasteiger partial charge in [0, 0.05) is 13.7 Å². The summed E-state index contributed by atoms with van der Waals surface area (Å²) in [6.07, 6.45) is 1.22. The summed E-state index contributed by atoms with van der Waals surface area (Å²) in [7, 11) is 1.74. The fraction of sp³-hybridized carbons (Fsp3) is 1.00. The lowest BCUT2D eigenvalue weighted by Gasteiger charge is -2.03. The first kappa shape index (κ1) is 6.96. The minimum absolute atomic E-state index is 0.727. The smallest absolute Gasteiger partial charge is 0.0487 e. The molecule has 0 bridgehead atoms. The molecule has 0 saturated carbocycles. The van der Waals surface area contributed by atoms with Crippen LogP contribution >= 0.6 is 0 Å². The molecule has 0 amide bonds. The maximum atomic E-state index is 4.89. The van der Waals surface area contributed by atoms with Crippen LogP contribution in [0.1, 0.15) is 20.3 Å². The number of methoxy groups -OCH3 is 1. The van der Waals surface area contributed by atoms with E-state index in [9.17, 15) is 0 Å². The third-order valence-electron chi connectivity index (χ3n) is 1.15. The fourth-order valence-electron chi connectivity index (χ4n) is 0.402. The van der Waals surface area contributed by atoms with Crippen LogP contribution in [0, 0.1) is 5.92 Å². The lowest BCUT2D eigenvalue weighted by Crippen LogP contribution is -2.00. The molecule has 0 aromatic heterocycles. The van der Waals surface area contributed by atoms with E-state index in [2.05, 4.69) is 13.8 Å². The molecular weight excluding hydrogens is 88.1 g/mol. The molecule has 0 rings (SSSR count). The van der Waals surface area contributed by atoms with Gasteiger partial charge in [-0.15, -0.1) is 0 Å². The van der Waals surface area contributed by atoms with Crippen LogP contribution in [0.2, 0.25) is 0 Å². The predicted octanol–water partition coefficient (Wildman–Crippen LogP) is 1.68. The van der Waals surface area contributed by atoms with Crippen LogP contribution in [-0.2, 0) is 4.74 Å². The van der Waals surface area contributed by atoms with Gasteiger partial charge in [-0.25, -0.2) is 0 Å². The molecule has 7 heavy (non-hydrogen) atoms. The number of rotatable bonds is 3. The molecule has 0 saturated heterocycles. The maximum absolute atomic E-state index is 4.89. The Morgan fingerprint density at radius 1 is 1.57 bits per heavy atom. The van der Waals surface area contributed by atoms with Gasteiger partial charge in [-0.3, -0.25) is 0 Å². The number of hydrogen-bond acceptors (Lipinski definition) is 1. The van der Waals surface area contributed by atoms with E-state index < -0.39 is 0 Å². The van der Waals surface area contributed by atoms with Crippen molar-refractivity contribution in [3.05, 3.63) is 0 Å². The monoisotopic (exact) mass is 102 g/mol. The Kier molecular flexibility index (Phi) is 4.10. The third-order valence-corrected chi connectivity index (χ3v) is 1.15. The molecule has 0 aliphatic rings. The van der Waals surface area contributed by atoms with E-state index in [1.165, 1.54) is 6.42 Å². The second kappa shape index (κ2) is 4.13. The van der Waals surface area contributed by atoms with E-state index >= 15 is 0 Å². The van der Waals surface area contributed by atoms with Crippen LogP contribution in [0.5, 0.6) is 0 Å². The van der Waals surface area contributed by atoms with E-state index in [-0.39, 0.29) is 0 Å². The molecule has 0 aromatic carbocycles. The standard InChI is InChI=1S/C6H14O/c1-4-6(2)5-7-3/h6H,4-5H2,1-3H3. The van der Waals surface area contributed by atoms with Crippen LogP contribution in [0.25, 0.3) is 0 Å². The number of ether oxygens (including phenoxy) is 1. The van der Waals surface area contributed by atoms with Gasteiger partial charge in [0.2, 0.25) is 0 Å². The summed E-state index contributed by atoms with van der Waals surface area (Å²) >= 11 is 0. The zero-order chi connectivity index (χ0) is 5.70. The van der Waals surface area contributed by atoms with Crippen molar-refractivity contribution in [1.29, 1.82) is 0 Å². The highest BCUT2D eigenvalue weighted by Gasteiger charge is 1.93. The second-order valence-electron chi connectivity index (χ2n) is 1.97. The summed E-state index contributed by atoms with van der Waals surface area (Å²) < 4.78 is 4.89. The van der Waals surface area contributed by atoms with Crippen molar-refractivity contribution in [3.63, 3.8) is 0 Å². The van der Waals surface area contributed by atoms with Crippen molar-refractivity contribution in [2.24, 2.45) is 5.92 Å². The van der Waals surface area contributed by atoms with Gasteiger partial charge < -0.3 is 4.74 Å². The molecule has 0 radical (unpaired) electrons. The highest BCUT2D eigenvalue weighted by atomic mass is 16.5. The Labute approximate surface area is 45.7 Å². The zero-order valence-corrected chi connectivity index (χ0v) is 5.40. The van der Waals surface area contributed by atoms with Gasteiger partial charge in [-0.1, -0.05) is 20.3 Å². The van der Waals surface area contributed by atoms with E-state index in [1.807, 2.05) is 0 Å². The topological polar surface area (TPSA) is 9.23 Å².